The second-order valence-electron chi connectivity index (χ2n) is 7.40. The molecule has 0 aliphatic heterocycles. The van der Waals surface area contributed by atoms with E-state index in [1.54, 1.807) is 54.6 Å². The van der Waals surface area contributed by atoms with Crippen molar-refractivity contribution in [2.45, 2.75) is 12.6 Å². The van der Waals surface area contributed by atoms with Gasteiger partial charge in [0.25, 0.3) is 5.91 Å². The van der Waals surface area contributed by atoms with Crippen molar-refractivity contribution >= 4 is 40.8 Å². The average Bonchev–Trinajstić information content (AvgIpc) is 2.85. The Morgan fingerprint density at radius 2 is 1.71 bits per heavy atom. The topological polar surface area (TPSA) is 96.3 Å². The molecule has 0 aromatic heterocycles. The predicted octanol–water partition coefficient (Wildman–Crippen LogP) is 5.27. The number of carboxylic acid groups (broad SMARTS) is 1. The maximum Gasteiger partial charge on any atom is 0.328 e. The molecule has 7 nitrogen and oxygen atoms in total. The molecular formula is C26H23Cl2NO6. The molecule has 0 aliphatic carbocycles. The number of halogens is 2. The van der Waals surface area contributed by atoms with Gasteiger partial charge < -0.3 is 24.6 Å². The molecule has 9 heteroatoms. The van der Waals surface area contributed by atoms with E-state index in [0.717, 1.165) is 12.2 Å². The smallest absolute Gasteiger partial charge is 0.328 e. The number of aliphatic hydroxyl groups excluding tert-OH is 1. The first kappa shape index (κ1) is 26.1. The lowest BCUT2D eigenvalue weighted by atomic mass is 9.98. The zero-order valence-corrected chi connectivity index (χ0v) is 20.5. The fraction of sp³-hybridized carbons (Fsp3) is 0.154. The summed E-state index contributed by atoms with van der Waals surface area (Å²) in [4.78, 5) is 25.6. The summed E-state index contributed by atoms with van der Waals surface area (Å²) in [5, 5.41) is 20.9. The number of anilines is 1. The van der Waals surface area contributed by atoms with Gasteiger partial charge in [-0.05, 0) is 36.4 Å². The summed E-state index contributed by atoms with van der Waals surface area (Å²) >= 11 is 12.6. The van der Waals surface area contributed by atoms with Gasteiger partial charge in [-0.2, -0.15) is 0 Å². The molecule has 0 saturated heterocycles. The van der Waals surface area contributed by atoms with Gasteiger partial charge in [0.15, 0.2) is 0 Å². The summed E-state index contributed by atoms with van der Waals surface area (Å²) < 4.78 is 10.7. The number of hydrogen-bond acceptors (Lipinski definition) is 5. The lowest BCUT2D eigenvalue weighted by Gasteiger charge is -2.27. The molecule has 0 heterocycles. The Morgan fingerprint density at radius 1 is 0.971 bits per heavy atom. The number of benzene rings is 3. The molecule has 2 N–H and O–H groups in total. The number of carbonyl (C=O) groups is 2. The van der Waals surface area contributed by atoms with E-state index >= 15 is 0 Å². The van der Waals surface area contributed by atoms with Crippen molar-refractivity contribution in [1.29, 1.82) is 0 Å². The molecule has 0 radical (unpaired) electrons. The number of nitrogens with zero attached hydrogens (tertiary/aromatic N) is 1. The highest BCUT2D eigenvalue weighted by atomic mass is 35.5. The summed E-state index contributed by atoms with van der Waals surface area (Å²) in [5.74, 6) is -0.866. The zero-order valence-electron chi connectivity index (χ0n) is 18.9. The first-order chi connectivity index (χ1) is 16.7. The minimum atomic E-state index is -1.27. The van der Waals surface area contributed by atoms with Crippen molar-refractivity contribution in [1.82, 2.24) is 0 Å². The zero-order chi connectivity index (χ0) is 25.5. The van der Waals surface area contributed by atoms with E-state index in [1.165, 1.54) is 25.2 Å². The van der Waals surface area contributed by atoms with Crippen molar-refractivity contribution in [3.8, 4) is 11.5 Å². The highest BCUT2D eigenvalue weighted by Gasteiger charge is 2.25. The summed E-state index contributed by atoms with van der Waals surface area (Å²) in [6.45, 7) is -0.000164. The monoisotopic (exact) mass is 515 g/mol. The van der Waals surface area contributed by atoms with Gasteiger partial charge in [-0.15, -0.1) is 0 Å². The summed E-state index contributed by atoms with van der Waals surface area (Å²) in [6.07, 6.45) is 0.480. The number of hydrogen-bond donors (Lipinski definition) is 2. The lowest BCUT2D eigenvalue weighted by Crippen LogP contribution is -2.30. The lowest BCUT2D eigenvalue weighted by molar-refractivity contribution is -0.131. The standard InChI is InChI=1S/C26H23Cl2NO6/c1-34-18-9-7-16(23(14-18)35-2)15-29(24(30)11-12-25(31)32)22-10-8-17(27)13-20(22)26(33)19-5-3-4-6-21(19)28/h3-14,26,33H,15H2,1-2H3,(H,31,32). The second kappa shape index (κ2) is 11.8. The number of carbonyl (C=O) groups excluding carboxylic acids is 1. The normalized spacial score (nSPS) is 11.8. The van der Waals surface area contributed by atoms with Crippen LogP contribution >= 0.6 is 23.2 Å². The second-order valence-corrected chi connectivity index (χ2v) is 8.24. The Morgan fingerprint density at radius 3 is 2.37 bits per heavy atom. The first-order valence-corrected chi connectivity index (χ1v) is 11.2. The van der Waals surface area contributed by atoms with Crippen LogP contribution < -0.4 is 14.4 Å². The maximum absolute atomic E-state index is 13.2. The Bertz CT molecular complexity index is 1260. The van der Waals surface area contributed by atoms with Crippen LogP contribution in [0.25, 0.3) is 0 Å². The molecule has 3 aromatic rings. The Labute approximate surface area is 212 Å². The molecule has 182 valence electrons. The molecule has 0 saturated carbocycles. The molecule has 1 amide bonds. The van der Waals surface area contributed by atoms with E-state index < -0.39 is 18.0 Å². The van der Waals surface area contributed by atoms with Gasteiger partial charge in [-0.1, -0.05) is 41.4 Å². The number of ether oxygens (including phenoxy) is 2. The van der Waals surface area contributed by atoms with Gasteiger partial charge >= 0.3 is 5.97 Å². The third kappa shape index (κ3) is 6.33. The Kier molecular flexibility index (Phi) is 8.76. The third-order valence-electron chi connectivity index (χ3n) is 5.23. The molecule has 3 rings (SSSR count). The maximum atomic E-state index is 13.2. The van der Waals surface area contributed by atoms with Crippen molar-refractivity contribution in [2.75, 3.05) is 19.1 Å². The van der Waals surface area contributed by atoms with Gasteiger partial charge in [0, 0.05) is 45.0 Å². The van der Waals surface area contributed by atoms with Crippen LogP contribution in [0.1, 0.15) is 22.8 Å². The van der Waals surface area contributed by atoms with Crippen LogP contribution in [0.15, 0.2) is 72.8 Å². The molecular weight excluding hydrogens is 493 g/mol. The van der Waals surface area contributed by atoms with Gasteiger partial charge in [0.2, 0.25) is 0 Å². The number of rotatable bonds is 9. The van der Waals surface area contributed by atoms with Crippen molar-refractivity contribution in [2.24, 2.45) is 0 Å². The largest absolute Gasteiger partial charge is 0.497 e. The van der Waals surface area contributed by atoms with E-state index in [0.29, 0.717) is 43.9 Å². The molecule has 35 heavy (non-hydrogen) atoms. The SMILES string of the molecule is COc1ccc(CN(C(=O)C=CC(=O)O)c2ccc(Cl)cc2C(O)c2ccccc2Cl)c(OC)c1. The van der Waals surface area contributed by atoms with Crippen molar-refractivity contribution < 1.29 is 29.3 Å². The fourth-order valence-corrected chi connectivity index (χ4v) is 3.94. The summed E-state index contributed by atoms with van der Waals surface area (Å²) in [7, 11) is 3.01. The van der Waals surface area contributed by atoms with Crippen LogP contribution in [0, 0.1) is 0 Å². The number of aliphatic carboxylic acids is 1. The van der Waals surface area contributed by atoms with Gasteiger partial charge in [0.1, 0.15) is 17.6 Å². The van der Waals surface area contributed by atoms with Crippen LogP contribution in [0.5, 0.6) is 11.5 Å². The average molecular weight is 516 g/mol. The van der Waals surface area contributed by atoms with E-state index in [2.05, 4.69) is 0 Å². The minimum absolute atomic E-state index is 0.000164. The van der Waals surface area contributed by atoms with E-state index in [9.17, 15) is 14.7 Å². The number of amides is 1. The Balaban J connectivity index is 2.15. The van der Waals surface area contributed by atoms with Crippen LogP contribution in [0.2, 0.25) is 10.0 Å². The molecule has 0 bridgehead atoms. The quantitative estimate of drug-likeness (QED) is 0.377. The highest BCUT2D eigenvalue weighted by Crippen LogP contribution is 2.37. The minimum Gasteiger partial charge on any atom is -0.497 e. The molecule has 0 fully saturated rings. The van der Waals surface area contributed by atoms with Crippen LogP contribution in [-0.4, -0.2) is 36.3 Å². The highest BCUT2D eigenvalue weighted by molar-refractivity contribution is 6.31. The molecule has 1 atom stereocenters. The number of carboxylic acids is 1. The van der Waals surface area contributed by atoms with E-state index in [1.807, 2.05) is 0 Å². The van der Waals surface area contributed by atoms with Gasteiger partial charge in [0.05, 0.1) is 26.5 Å². The molecule has 0 aliphatic rings. The van der Waals surface area contributed by atoms with E-state index in [4.69, 9.17) is 37.8 Å². The summed E-state index contributed by atoms with van der Waals surface area (Å²) in [6, 6.07) is 16.6. The van der Waals surface area contributed by atoms with E-state index in [-0.39, 0.29) is 6.54 Å². The molecule has 3 aromatic carbocycles. The molecule has 1 unspecified atom stereocenters. The summed E-state index contributed by atoms with van der Waals surface area (Å²) in [5.41, 5.74) is 1.68. The third-order valence-corrected chi connectivity index (χ3v) is 5.81. The van der Waals surface area contributed by atoms with Gasteiger partial charge in [-0.25, -0.2) is 4.79 Å². The predicted molar refractivity (Wildman–Crippen MR) is 134 cm³/mol. The van der Waals surface area contributed by atoms with Crippen LogP contribution in [0.3, 0.4) is 0 Å². The first-order valence-electron chi connectivity index (χ1n) is 10.4. The van der Waals surface area contributed by atoms with Crippen LogP contribution in [0.4, 0.5) is 5.69 Å². The van der Waals surface area contributed by atoms with Crippen molar-refractivity contribution in [3.63, 3.8) is 0 Å². The fourth-order valence-electron chi connectivity index (χ4n) is 3.52. The van der Waals surface area contributed by atoms with Crippen molar-refractivity contribution in [3.05, 3.63) is 99.6 Å². The number of methoxy groups -OCH3 is 2. The van der Waals surface area contributed by atoms with Crippen LogP contribution in [-0.2, 0) is 16.1 Å². The number of aliphatic hydroxyl groups is 1. The van der Waals surface area contributed by atoms with Gasteiger partial charge in [-0.3, -0.25) is 4.79 Å². The Hall–Kier alpha value is -3.52. The molecule has 0 spiro atoms.